The molecule has 1 aromatic carbocycles. The summed E-state index contributed by atoms with van der Waals surface area (Å²) in [7, 11) is 1.37. The van der Waals surface area contributed by atoms with Crippen molar-refractivity contribution in [3.8, 4) is 0 Å². The van der Waals surface area contributed by atoms with Crippen molar-refractivity contribution < 1.29 is 19.1 Å². The van der Waals surface area contributed by atoms with Gasteiger partial charge in [-0.05, 0) is 32.8 Å². The number of hydrogen-bond donors (Lipinski definition) is 1. The van der Waals surface area contributed by atoms with Gasteiger partial charge in [0, 0.05) is 6.04 Å². The summed E-state index contributed by atoms with van der Waals surface area (Å²) in [6.07, 6.45) is 0.376. The van der Waals surface area contributed by atoms with Crippen molar-refractivity contribution in [2.24, 2.45) is 5.92 Å². The minimum absolute atomic E-state index is 0.244. The van der Waals surface area contributed by atoms with E-state index in [1.54, 1.807) is 0 Å². The topological polar surface area (TPSA) is 64.6 Å². The maximum absolute atomic E-state index is 12.3. The summed E-state index contributed by atoms with van der Waals surface area (Å²) in [4.78, 5) is 24.3. The van der Waals surface area contributed by atoms with Crippen LogP contribution in [0.4, 0.5) is 0 Å². The predicted molar refractivity (Wildman–Crippen MR) is 82.1 cm³/mol. The molecule has 1 N–H and O–H groups in total. The van der Waals surface area contributed by atoms with Crippen LogP contribution in [0.15, 0.2) is 30.3 Å². The fraction of sp³-hybridized carbons (Fsp3) is 0.529. The first-order valence-electron chi connectivity index (χ1n) is 7.43. The number of esters is 2. The number of rotatable bonds is 3. The quantitative estimate of drug-likeness (QED) is 0.868. The molecule has 1 fully saturated rings. The number of nitrogens with one attached hydrogen (secondary N) is 1. The molecule has 0 amide bonds. The molecule has 0 bridgehead atoms. The van der Waals surface area contributed by atoms with E-state index in [1.165, 1.54) is 7.11 Å². The Bertz CT molecular complexity index is 535. The highest BCUT2D eigenvalue weighted by Gasteiger charge is 2.43. The van der Waals surface area contributed by atoms with Crippen LogP contribution in [0.2, 0.25) is 0 Å². The third-order valence-corrected chi connectivity index (χ3v) is 3.63. The zero-order valence-electron chi connectivity index (χ0n) is 13.5. The SMILES string of the molecule is COC(=O)C1CC(C(=O)OC(C)(C)C)NC1c1ccccc1. The number of hydrogen-bond acceptors (Lipinski definition) is 5. The van der Waals surface area contributed by atoms with Crippen LogP contribution >= 0.6 is 0 Å². The van der Waals surface area contributed by atoms with Crippen LogP contribution in [-0.4, -0.2) is 30.7 Å². The lowest BCUT2D eigenvalue weighted by Crippen LogP contribution is -2.38. The van der Waals surface area contributed by atoms with Gasteiger partial charge >= 0.3 is 11.9 Å². The molecular weight excluding hydrogens is 282 g/mol. The summed E-state index contributed by atoms with van der Waals surface area (Å²) in [5.74, 6) is -1.04. The molecule has 0 aliphatic carbocycles. The first-order valence-corrected chi connectivity index (χ1v) is 7.43. The van der Waals surface area contributed by atoms with Gasteiger partial charge in [0.1, 0.15) is 11.6 Å². The molecule has 0 radical (unpaired) electrons. The number of carbonyl (C=O) groups excluding carboxylic acids is 2. The second-order valence-corrected chi connectivity index (χ2v) is 6.51. The minimum Gasteiger partial charge on any atom is -0.469 e. The van der Waals surface area contributed by atoms with Crippen LogP contribution < -0.4 is 5.32 Å². The minimum atomic E-state index is -0.551. The summed E-state index contributed by atoms with van der Waals surface area (Å²) in [6, 6.07) is 8.85. The monoisotopic (exact) mass is 305 g/mol. The van der Waals surface area contributed by atoms with E-state index in [0.29, 0.717) is 6.42 Å². The van der Waals surface area contributed by atoms with Crippen LogP contribution in [0.3, 0.4) is 0 Å². The van der Waals surface area contributed by atoms with Gasteiger partial charge in [0.05, 0.1) is 13.0 Å². The average Bonchev–Trinajstić information content (AvgIpc) is 2.91. The first kappa shape index (κ1) is 16.5. The second-order valence-electron chi connectivity index (χ2n) is 6.51. The first-order chi connectivity index (χ1) is 10.3. The Kier molecular flexibility index (Phi) is 4.86. The van der Waals surface area contributed by atoms with Gasteiger partial charge in [-0.1, -0.05) is 30.3 Å². The second kappa shape index (κ2) is 6.48. The molecule has 0 aromatic heterocycles. The van der Waals surface area contributed by atoms with Gasteiger partial charge in [-0.2, -0.15) is 0 Å². The van der Waals surface area contributed by atoms with Crippen molar-refractivity contribution in [2.45, 2.75) is 44.9 Å². The van der Waals surface area contributed by atoms with E-state index in [1.807, 2.05) is 51.1 Å². The largest absolute Gasteiger partial charge is 0.469 e. The molecule has 3 unspecified atom stereocenters. The molecule has 2 rings (SSSR count). The highest BCUT2D eigenvalue weighted by molar-refractivity contribution is 5.80. The predicted octanol–water partition coefficient (Wildman–Crippen LogP) is 2.22. The summed E-state index contributed by atoms with van der Waals surface area (Å²) in [5.41, 5.74) is 0.411. The number of carbonyl (C=O) groups is 2. The number of methoxy groups -OCH3 is 1. The van der Waals surface area contributed by atoms with Crippen molar-refractivity contribution in [3.05, 3.63) is 35.9 Å². The van der Waals surface area contributed by atoms with E-state index in [2.05, 4.69) is 5.32 Å². The molecule has 0 saturated carbocycles. The van der Waals surface area contributed by atoms with Gasteiger partial charge in [0.15, 0.2) is 0 Å². The zero-order valence-corrected chi connectivity index (χ0v) is 13.5. The van der Waals surface area contributed by atoms with Crippen molar-refractivity contribution in [3.63, 3.8) is 0 Å². The molecule has 1 aliphatic heterocycles. The molecule has 3 atom stereocenters. The molecule has 5 nitrogen and oxygen atoms in total. The van der Waals surface area contributed by atoms with Gasteiger partial charge in [0.25, 0.3) is 0 Å². The lowest BCUT2D eigenvalue weighted by molar-refractivity contribution is -0.157. The number of ether oxygens (including phenoxy) is 2. The Morgan fingerprint density at radius 3 is 2.32 bits per heavy atom. The Morgan fingerprint density at radius 1 is 1.14 bits per heavy atom. The Balaban J connectivity index is 2.18. The van der Waals surface area contributed by atoms with Crippen LogP contribution in [0.5, 0.6) is 0 Å². The maximum Gasteiger partial charge on any atom is 0.323 e. The van der Waals surface area contributed by atoms with Crippen molar-refractivity contribution in [2.75, 3.05) is 7.11 Å². The van der Waals surface area contributed by atoms with E-state index < -0.39 is 17.6 Å². The molecular formula is C17H23NO4. The van der Waals surface area contributed by atoms with E-state index >= 15 is 0 Å². The summed E-state index contributed by atoms with van der Waals surface area (Å²) in [6.45, 7) is 5.48. The Labute approximate surface area is 131 Å². The fourth-order valence-electron chi connectivity index (χ4n) is 2.70. The van der Waals surface area contributed by atoms with Gasteiger partial charge in [0.2, 0.25) is 0 Å². The lowest BCUT2D eigenvalue weighted by Gasteiger charge is -2.22. The molecule has 22 heavy (non-hydrogen) atoms. The third-order valence-electron chi connectivity index (χ3n) is 3.63. The van der Waals surface area contributed by atoms with Gasteiger partial charge in [-0.3, -0.25) is 14.9 Å². The van der Waals surface area contributed by atoms with Crippen molar-refractivity contribution in [1.82, 2.24) is 5.32 Å². The van der Waals surface area contributed by atoms with Crippen LogP contribution in [0.1, 0.15) is 38.8 Å². The van der Waals surface area contributed by atoms with E-state index in [9.17, 15) is 9.59 Å². The van der Waals surface area contributed by atoms with Crippen molar-refractivity contribution in [1.29, 1.82) is 0 Å². The lowest BCUT2D eigenvalue weighted by atomic mass is 9.93. The number of benzene rings is 1. The molecule has 120 valence electrons. The molecule has 1 aromatic rings. The van der Waals surface area contributed by atoms with Gasteiger partial charge < -0.3 is 9.47 Å². The maximum atomic E-state index is 12.3. The zero-order chi connectivity index (χ0) is 16.3. The highest BCUT2D eigenvalue weighted by Crippen LogP contribution is 2.34. The highest BCUT2D eigenvalue weighted by atomic mass is 16.6. The standard InChI is InChI=1S/C17H23NO4/c1-17(2,3)22-16(20)13-10-12(15(19)21-4)14(18-13)11-8-6-5-7-9-11/h5-9,12-14,18H,10H2,1-4H3. The van der Waals surface area contributed by atoms with Crippen LogP contribution in [0, 0.1) is 5.92 Å². The average molecular weight is 305 g/mol. The van der Waals surface area contributed by atoms with Gasteiger partial charge in [-0.15, -0.1) is 0 Å². The normalized spacial score (nSPS) is 24.8. The summed E-state index contributed by atoms with van der Waals surface area (Å²) < 4.78 is 10.3. The van der Waals surface area contributed by atoms with E-state index in [4.69, 9.17) is 9.47 Å². The van der Waals surface area contributed by atoms with Gasteiger partial charge in [-0.25, -0.2) is 0 Å². The molecule has 5 heteroatoms. The summed E-state index contributed by atoms with van der Waals surface area (Å²) >= 11 is 0. The smallest absolute Gasteiger partial charge is 0.323 e. The third kappa shape index (κ3) is 3.85. The van der Waals surface area contributed by atoms with E-state index in [0.717, 1.165) is 5.56 Å². The van der Waals surface area contributed by atoms with E-state index in [-0.39, 0.29) is 18.0 Å². The fourth-order valence-corrected chi connectivity index (χ4v) is 2.70. The molecule has 1 heterocycles. The molecule has 1 aliphatic rings. The Morgan fingerprint density at radius 2 is 1.77 bits per heavy atom. The Hall–Kier alpha value is -1.88. The van der Waals surface area contributed by atoms with Crippen molar-refractivity contribution >= 4 is 11.9 Å². The summed E-state index contributed by atoms with van der Waals surface area (Å²) in [5, 5.41) is 3.22. The van der Waals surface area contributed by atoms with Crippen LogP contribution in [0.25, 0.3) is 0 Å². The molecule has 1 saturated heterocycles. The molecule has 0 spiro atoms. The van der Waals surface area contributed by atoms with Crippen LogP contribution in [-0.2, 0) is 19.1 Å².